The third-order valence-electron chi connectivity index (χ3n) is 6.08. The number of hydrogen-bond acceptors (Lipinski definition) is 7. The number of sulfonamides is 1. The summed E-state index contributed by atoms with van der Waals surface area (Å²) >= 11 is 0. The maximum absolute atomic E-state index is 13.4. The van der Waals surface area contributed by atoms with Crippen molar-refractivity contribution < 1.29 is 17.7 Å². The van der Waals surface area contributed by atoms with Crippen LogP contribution in [0.5, 0.6) is 0 Å². The molecule has 0 aliphatic heterocycles. The molecule has 5 aromatic rings. The van der Waals surface area contributed by atoms with Crippen molar-refractivity contribution in [1.82, 2.24) is 14.7 Å². The molecule has 3 aromatic heterocycles. The number of amides is 1. The van der Waals surface area contributed by atoms with Crippen LogP contribution < -0.4 is 15.6 Å². The second-order valence-electron chi connectivity index (χ2n) is 8.66. The van der Waals surface area contributed by atoms with Crippen molar-refractivity contribution in [1.29, 1.82) is 0 Å². The molecule has 192 valence electrons. The Morgan fingerprint density at radius 3 is 2.42 bits per heavy atom. The molecule has 0 radical (unpaired) electrons. The number of nitrogens with zero attached hydrogens (tertiary/aromatic N) is 3. The van der Waals surface area contributed by atoms with E-state index in [1.54, 1.807) is 32.2 Å². The highest BCUT2D eigenvalue weighted by Gasteiger charge is 2.20. The Hall–Kier alpha value is -4.77. The molecule has 0 saturated heterocycles. The van der Waals surface area contributed by atoms with Crippen LogP contribution in [0.4, 0.5) is 11.6 Å². The van der Waals surface area contributed by atoms with Gasteiger partial charge in [-0.1, -0.05) is 35.5 Å². The fourth-order valence-electron chi connectivity index (χ4n) is 3.89. The molecule has 0 unspecified atom stereocenters. The zero-order valence-electron chi connectivity index (χ0n) is 20.5. The number of aromatic nitrogens is 3. The number of benzene rings is 2. The van der Waals surface area contributed by atoms with Gasteiger partial charge in [-0.3, -0.25) is 14.2 Å². The quantitative estimate of drug-likeness (QED) is 0.324. The van der Waals surface area contributed by atoms with Gasteiger partial charge in [-0.25, -0.2) is 18.1 Å². The molecular weight excluding hydrogens is 506 g/mol. The third kappa shape index (κ3) is 4.91. The number of aryl methyl sites for hydroxylation is 1. The smallest absolute Gasteiger partial charge is 0.265 e. The Bertz CT molecular complexity index is 1810. The SMILES string of the molecule is Cc1noc(NS(=O)(=O)c2ccc(NC(=O)c3cc4cccnc4n(Cc4ccccc4)c3=O)cc2)c1C. The monoisotopic (exact) mass is 529 g/mol. The lowest BCUT2D eigenvalue weighted by atomic mass is 10.1. The number of rotatable bonds is 7. The van der Waals surface area contributed by atoms with Gasteiger partial charge in [0, 0.05) is 22.8 Å². The van der Waals surface area contributed by atoms with Gasteiger partial charge in [-0.15, -0.1) is 0 Å². The Morgan fingerprint density at radius 1 is 1.00 bits per heavy atom. The standard InChI is InChI=1S/C27H23N5O5S/c1-17-18(2)30-37-26(17)31-38(35,36)22-12-10-21(11-13-22)29-25(33)23-15-20-9-6-14-28-24(20)32(27(23)34)16-19-7-4-3-5-8-19/h3-15,31H,16H2,1-2H3,(H,29,33). The maximum atomic E-state index is 13.4. The lowest BCUT2D eigenvalue weighted by Gasteiger charge is -2.13. The van der Waals surface area contributed by atoms with Crippen molar-refractivity contribution in [2.24, 2.45) is 0 Å². The summed E-state index contributed by atoms with van der Waals surface area (Å²) in [6, 6.07) is 20.0. The van der Waals surface area contributed by atoms with Crippen LogP contribution in [-0.4, -0.2) is 29.0 Å². The number of pyridine rings is 2. The van der Waals surface area contributed by atoms with Crippen molar-refractivity contribution in [3.63, 3.8) is 0 Å². The Balaban J connectivity index is 1.41. The van der Waals surface area contributed by atoms with E-state index < -0.39 is 21.5 Å². The van der Waals surface area contributed by atoms with Gasteiger partial charge in [0.15, 0.2) is 0 Å². The topological polar surface area (TPSA) is 136 Å². The first-order valence-electron chi connectivity index (χ1n) is 11.6. The van der Waals surface area contributed by atoms with Gasteiger partial charge < -0.3 is 9.84 Å². The van der Waals surface area contributed by atoms with Crippen molar-refractivity contribution in [2.75, 3.05) is 10.0 Å². The normalized spacial score (nSPS) is 11.4. The van der Waals surface area contributed by atoms with Gasteiger partial charge in [0.25, 0.3) is 21.5 Å². The van der Waals surface area contributed by atoms with Crippen molar-refractivity contribution >= 4 is 38.5 Å². The minimum atomic E-state index is -3.94. The van der Waals surface area contributed by atoms with E-state index in [4.69, 9.17) is 4.52 Å². The highest BCUT2D eigenvalue weighted by atomic mass is 32.2. The number of anilines is 2. The summed E-state index contributed by atoms with van der Waals surface area (Å²) in [4.78, 5) is 30.8. The number of hydrogen-bond donors (Lipinski definition) is 2. The molecular formula is C27H23N5O5S. The lowest BCUT2D eigenvalue weighted by Crippen LogP contribution is -2.30. The van der Waals surface area contributed by atoms with E-state index in [0.717, 1.165) is 5.56 Å². The van der Waals surface area contributed by atoms with Crippen LogP contribution in [0, 0.1) is 13.8 Å². The molecule has 2 aromatic carbocycles. The first kappa shape index (κ1) is 24.9. The van der Waals surface area contributed by atoms with E-state index in [1.165, 1.54) is 34.9 Å². The first-order valence-corrected chi connectivity index (χ1v) is 13.1. The molecule has 0 atom stereocenters. The minimum absolute atomic E-state index is 0.0362. The van der Waals surface area contributed by atoms with Gasteiger partial charge in [0.1, 0.15) is 11.2 Å². The zero-order chi connectivity index (χ0) is 26.9. The third-order valence-corrected chi connectivity index (χ3v) is 7.43. The minimum Gasteiger partial charge on any atom is -0.337 e. The fourth-order valence-corrected chi connectivity index (χ4v) is 4.94. The van der Waals surface area contributed by atoms with Crippen LogP contribution in [0.2, 0.25) is 0 Å². The molecule has 5 rings (SSSR count). The largest absolute Gasteiger partial charge is 0.337 e. The van der Waals surface area contributed by atoms with Crippen LogP contribution >= 0.6 is 0 Å². The predicted molar refractivity (Wildman–Crippen MR) is 143 cm³/mol. The van der Waals surface area contributed by atoms with E-state index in [-0.39, 0.29) is 22.9 Å². The molecule has 38 heavy (non-hydrogen) atoms. The molecule has 0 saturated carbocycles. The maximum Gasteiger partial charge on any atom is 0.265 e. The Kier molecular flexibility index (Phi) is 6.52. The van der Waals surface area contributed by atoms with Gasteiger partial charge >= 0.3 is 0 Å². The molecule has 0 bridgehead atoms. The lowest BCUT2D eigenvalue weighted by molar-refractivity contribution is 0.102. The van der Waals surface area contributed by atoms with E-state index in [9.17, 15) is 18.0 Å². The van der Waals surface area contributed by atoms with E-state index in [1.807, 2.05) is 30.3 Å². The van der Waals surface area contributed by atoms with Crippen LogP contribution in [0.15, 0.2) is 93.2 Å². The fraction of sp³-hybridized carbons (Fsp3) is 0.111. The summed E-state index contributed by atoms with van der Waals surface area (Å²) in [6.07, 6.45) is 1.60. The average molecular weight is 530 g/mol. The van der Waals surface area contributed by atoms with Gasteiger partial charge in [-0.2, -0.15) is 0 Å². The van der Waals surface area contributed by atoms with Crippen LogP contribution in [-0.2, 0) is 16.6 Å². The second-order valence-corrected chi connectivity index (χ2v) is 10.3. The molecule has 2 N–H and O–H groups in total. The summed E-state index contributed by atoms with van der Waals surface area (Å²) in [5, 5.41) is 7.06. The van der Waals surface area contributed by atoms with Crippen molar-refractivity contribution in [3.05, 3.63) is 112 Å². The number of carbonyl (C=O) groups is 1. The molecule has 0 fully saturated rings. The molecule has 3 heterocycles. The summed E-state index contributed by atoms with van der Waals surface area (Å²) in [5.41, 5.74) is 2.29. The molecule has 1 amide bonds. The molecule has 0 spiro atoms. The van der Waals surface area contributed by atoms with E-state index in [0.29, 0.717) is 28.0 Å². The Morgan fingerprint density at radius 2 is 1.74 bits per heavy atom. The average Bonchev–Trinajstić information content (AvgIpc) is 3.22. The van der Waals surface area contributed by atoms with Crippen molar-refractivity contribution in [3.8, 4) is 0 Å². The van der Waals surface area contributed by atoms with Gasteiger partial charge in [-0.05, 0) is 61.9 Å². The zero-order valence-corrected chi connectivity index (χ0v) is 21.3. The number of nitrogens with one attached hydrogen (secondary N) is 2. The summed E-state index contributed by atoms with van der Waals surface area (Å²) < 4.78 is 34.3. The van der Waals surface area contributed by atoms with Crippen LogP contribution in [0.25, 0.3) is 11.0 Å². The van der Waals surface area contributed by atoms with Gasteiger partial charge in [0.2, 0.25) is 5.88 Å². The summed E-state index contributed by atoms with van der Waals surface area (Å²) in [6.45, 7) is 3.65. The second kappa shape index (κ2) is 9.94. The number of carbonyl (C=O) groups excluding carboxylic acids is 1. The predicted octanol–water partition coefficient (Wildman–Crippen LogP) is 4.10. The first-order chi connectivity index (χ1) is 18.2. The van der Waals surface area contributed by atoms with Crippen molar-refractivity contribution in [2.45, 2.75) is 25.3 Å². The highest BCUT2D eigenvalue weighted by molar-refractivity contribution is 7.92. The van der Waals surface area contributed by atoms with Gasteiger partial charge in [0.05, 0.1) is 17.1 Å². The summed E-state index contributed by atoms with van der Waals surface area (Å²) in [5.74, 6) is -0.582. The summed E-state index contributed by atoms with van der Waals surface area (Å²) in [7, 11) is -3.94. The van der Waals surface area contributed by atoms with Crippen LogP contribution in [0.1, 0.15) is 27.2 Å². The van der Waals surface area contributed by atoms with E-state index in [2.05, 4.69) is 20.2 Å². The molecule has 0 aliphatic carbocycles. The van der Waals surface area contributed by atoms with E-state index >= 15 is 0 Å². The highest BCUT2D eigenvalue weighted by Crippen LogP contribution is 2.23. The number of fused-ring (bicyclic) bond motifs is 1. The molecule has 0 aliphatic rings. The molecule has 10 nitrogen and oxygen atoms in total. The molecule has 11 heteroatoms. The Labute approximate surface area is 218 Å². The van der Waals surface area contributed by atoms with Crippen LogP contribution in [0.3, 0.4) is 0 Å².